The number of aromatic amines is 1. The van der Waals surface area contributed by atoms with E-state index in [1.54, 1.807) is 6.33 Å². The fraction of sp³-hybridized carbons (Fsp3) is 0.526. The summed E-state index contributed by atoms with van der Waals surface area (Å²) in [5.74, 6) is 2.94. The van der Waals surface area contributed by atoms with Crippen LogP contribution >= 0.6 is 0 Å². The van der Waals surface area contributed by atoms with Crippen molar-refractivity contribution in [2.45, 2.75) is 45.7 Å². The Morgan fingerprint density at radius 2 is 2.04 bits per heavy atom. The number of likely N-dealkylation sites (tertiary alicyclic amines) is 1. The van der Waals surface area contributed by atoms with Crippen molar-refractivity contribution in [1.82, 2.24) is 29.6 Å². The number of benzene rings is 1. The van der Waals surface area contributed by atoms with E-state index >= 15 is 0 Å². The average Bonchev–Trinajstić information content (AvgIpc) is 3.23. The van der Waals surface area contributed by atoms with Crippen molar-refractivity contribution in [2.75, 3.05) is 13.1 Å². The largest absolute Gasteiger partial charge is 0.342 e. The minimum Gasteiger partial charge on any atom is -0.342 e. The summed E-state index contributed by atoms with van der Waals surface area (Å²) in [6.07, 6.45) is 6.27. The van der Waals surface area contributed by atoms with E-state index in [0.29, 0.717) is 5.92 Å². The molecule has 25 heavy (non-hydrogen) atoms. The summed E-state index contributed by atoms with van der Waals surface area (Å²) in [5, 5.41) is 4.33. The molecule has 0 amide bonds. The van der Waals surface area contributed by atoms with Crippen molar-refractivity contribution in [1.29, 1.82) is 0 Å². The number of aryl methyl sites for hydroxylation is 1. The van der Waals surface area contributed by atoms with Gasteiger partial charge >= 0.3 is 0 Å². The van der Waals surface area contributed by atoms with Gasteiger partial charge in [0.15, 0.2) is 0 Å². The van der Waals surface area contributed by atoms with Gasteiger partial charge in [-0.15, -0.1) is 0 Å². The van der Waals surface area contributed by atoms with Gasteiger partial charge in [0.05, 0.1) is 17.6 Å². The Hall–Kier alpha value is -2.21. The molecule has 1 N–H and O–H groups in total. The van der Waals surface area contributed by atoms with Crippen LogP contribution in [0.25, 0.3) is 11.0 Å². The highest BCUT2D eigenvalue weighted by Gasteiger charge is 2.21. The van der Waals surface area contributed by atoms with Crippen LogP contribution in [-0.4, -0.2) is 42.7 Å². The first kappa shape index (κ1) is 16.3. The van der Waals surface area contributed by atoms with Crippen molar-refractivity contribution in [3.8, 4) is 0 Å². The molecule has 1 fully saturated rings. The minimum absolute atomic E-state index is 0.713. The molecule has 0 bridgehead atoms. The summed E-state index contributed by atoms with van der Waals surface area (Å²) in [5.41, 5.74) is 2.22. The van der Waals surface area contributed by atoms with E-state index in [2.05, 4.69) is 45.1 Å². The zero-order chi connectivity index (χ0) is 17.1. The van der Waals surface area contributed by atoms with Gasteiger partial charge < -0.3 is 4.98 Å². The van der Waals surface area contributed by atoms with Gasteiger partial charge in [-0.3, -0.25) is 4.90 Å². The quantitative estimate of drug-likeness (QED) is 0.750. The highest BCUT2D eigenvalue weighted by atomic mass is 15.3. The Kier molecular flexibility index (Phi) is 4.78. The lowest BCUT2D eigenvalue weighted by Crippen LogP contribution is -2.34. The number of hydrogen-bond donors (Lipinski definition) is 1. The Bertz CT molecular complexity index is 779. The third kappa shape index (κ3) is 3.74. The maximum Gasteiger partial charge on any atom is 0.141 e. The van der Waals surface area contributed by atoms with Crippen LogP contribution in [0.4, 0.5) is 0 Å². The molecular formula is C19H26N6. The molecule has 1 saturated heterocycles. The lowest BCUT2D eigenvalue weighted by Gasteiger charge is -2.31. The molecule has 0 radical (unpaired) electrons. The van der Waals surface area contributed by atoms with Crippen LogP contribution in [0.3, 0.4) is 0 Å². The summed E-state index contributed by atoms with van der Waals surface area (Å²) in [4.78, 5) is 15.1. The number of hydrogen-bond acceptors (Lipinski definition) is 4. The van der Waals surface area contributed by atoms with Crippen LogP contribution < -0.4 is 0 Å². The molecule has 4 rings (SSSR count). The van der Waals surface area contributed by atoms with E-state index in [4.69, 9.17) is 4.98 Å². The van der Waals surface area contributed by atoms with E-state index in [9.17, 15) is 0 Å². The van der Waals surface area contributed by atoms with E-state index in [0.717, 1.165) is 61.7 Å². The van der Waals surface area contributed by atoms with Gasteiger partial charge in [0.25, 0.3) is 0 Å². The van der Waals surface area contributed by atoms with E-state index in [1.807, 2.05) is 10.7 Å². The molecule has 2 aromatic heterocycles. The van der Waals surface area contributed by atoms with E-state index in [-0.39, 0.29) is 0 Å². The van der Waals surface area contributed by atoms with Crippen LogP contribution in [0.1, 0.15) is 37.8 Å². The van der Waals surface area contributed by atoms with E-state index < -0.39 is 0 Å². The third-order valence-electron chi connectivity index (χ3n) is 5.12. The van der Waals surface area contributed by atoms with Gasteiger partial charge in [0.1, 0.15) is 18.0 Å². The molecule has 0 atom stereocenters. The first-order valence-corrected chi connectivity index (χ1v) is 9.34. The Labute approximate surface area is 148 Å². The number of fused-ring (bicyclic) bond motifs is 1. The lowest BCUT2D eigenvalue weighted by molar-refractivity contribution is 0.170. The van der Waals surface area contributed by atoms with Crippen LogP contribution in [0.5, 0.6) is 0 Å². The number of nitrogens with one attached hydrogen (secondary N) is 1. The molecule has 132 valence electrons. The number of piperidine rings is 1. The molecule has 3 aromatic rings. The molecule has 0 unspecified atom stereocenters. The highest BCUT2D eigenvalue weighted by Crippen LogP contribution is 2.23. The van der Waals surface area contributed by atoms with Crippen molar-refractivity contribution >= 4 is 11.0 Å². The number of imidazole rings is 1. The Morgan fingerprint density at radius 1 is 1.20 bits per heavy atom. The fourth-order valence-electron chi connectivity index (χ4n) is 3.73. The van der Waals surface area contributed by atoms with Crippen LogP contribution in [-0.2, 0) is 19.5 Å². The normalized spacial score (nSPS) is 16.7. The average molecular weight is 338 g/mol. The standard InChI is InChI=1S/C19H26N6/c1-2-9-25-19(20-14-21-25)13-24-10-7-15(8-11-24)12-18-22-16-5-3-4-6-17(16)23-18/h3-6,14-15H,2,7-13H2,1H3,(H,22,23). The Morgan fingerprint density at radius 3 is 2.84 bits per heavy atom. The first-order valence-electron chi connectivity index (χ1n) is 9.34. The second-order valence-electron chi connectivity index (χ2n) is 7.02. The van der Waals surface area contributed by atoms with Crippen LogP contribution in [0, 0.1) is 5.92 Å². The molecule has 1 aliphatic heterocycles. The lowest BCUT2D eigenvalue weighted by atomic mass is 9.93. The molecule has 6 nitrogen and oxygen atoms in total. The molecule has 6 heteroatoms. The SMILES string of the molecule is CCCn1ncnc1CN1CCC(Cc2nc3ccccc3[nH]2)CC1. The summed E-state index contributed by atoms with van der Waals surface area (Å²) >= 11 is 0. The van der Waals surface area contributed by atoms with Crippen molar-refractivity contribution in [3.05, 3.63) is 42.2 Å². The predicted molar refractivity (Wildman–Crippen MR) is 98.1 cm³/mol. The van der Waals surface area contributed by atoms with Crippen molar-refractivity contribution < 1.29 is 0 Å². The second kappa shape index (κ2) is 7.35. The number of aromatic nitrogens is 5. The third-order valence-corrected chi connectivity index (χ3v) is 5.12. The fourth-order valence-corrected chi connectivity index (χ4v) is 3.73. The zero-order valence-electron chi connectivity index (χ0n) is 14.9. The highest BCUT2D eigenvalue weighted by molar-refractivity contribution is 5.74. The molecule has 1 aromatic carbocycles. The summed E-state index contributed by atoms with van der Waals surface area (Å²) in [6, 6.07) is 8.27. The molecule has 1 aliphatic rings. The van der Waals surface area contributed by atoms with Crippen molar-refractivity contribution in [3.63, 3.8) is 0 Å². The van der Waals surface area contributed by atoms with Gasteiger partial charge in [0, 0.05) is 13.0 Å². The summed E-state index contributed by atoms with van der Waals surface area (Å²) in [6.45, 7) is 6.30. The Balaban J connectivity index is 1.31. The second-order valence-corrected chi connectivity index (χ2v) is 7.02. The molecule has 0 aliphatic carbocycles. The summed E-state index contributed by atoms with van der Waals surface area (Å²) < 4.78 is 2.04. The number of nitrogens with zero attached hydrogens (tertiary/aromatic N) is 5. The molecule has 3 heterocycles. The van der Waals surface area contributed by atoms with Gasteiger partial charge in [-0.05, 0) is 50.4 Å². The van der Waals surface area contributed by atoms with E-state index in [1.165, 1.54) is 12.8 Å². The minimum atomic E-state index is 0.713. The van der Waals surface area contributed by atoms with Gasteiger partial charge in [0.2, 0.25) is 0 Å². The van der Waals surface area contributed by atoms with Crippen LogP contribution in [0.15, 0.2) is 30.6 Å². The first-order chi connectivity index (χ1) is 12.3. The monoisotopic (exact) mass is 338 g/mol. The zero-order valence-corrected chi connectivity index (χ0v) is 14.9. The van der Waals surface area contributed by atoms with Crippen LogP contribution in [0.2, 0.25) is 0 Å². The summed E-state index contributed by atoms with van der Waals surface area (Å²) in [7, 11) is 0. The maximum absolute atomic E-state index is 4.73. The maximum atomic E-state index is 4.73. The number of rotatable bonds is 6. The predicted octanol–water partition coefficient (Wildman–Crippen LogP) is 3.02. The molecular weight excluding hydrogens is 312 g/mol. The van der Waals surface area contributed by atoms with Gasteiger partial charge in [-0.25, -0.2) is 14.6 Å². The smallest absolute Gasteiger partial charge is 0.141 e. The number of para-hydroxylation sites is 2. The van der Waals surface area contributed by atoms with Gasteiger partial charge in [-0.2, -0.15) is 5.10 Å². The molecule has 0 spiro atoms. The molecule has 0 saturated carbocycles. The van der Waals surface area contributed by atoms with Gasteiger partial charge in [-0.1, -0.05) is 19.1 Å². The number of H-pyrrole nitrogens is 1. The topological polar surface area (TPSA) is 62.6 Å². The van der Waals surface area contributed by atoms with Crippen molar-refractivity contribution in [2.24, 2.45) is 5.92 Å².